The molecule has 0 saturated heterocycles. The summed E-state index contributed by atoms with van der Waals surface area (Å²) in [6, 6.07) is 101. The number of fused-ring (bicyclic) bond motifs is 14. The van der Waals surface area contributed by atoms with E-state index < -0.39 is 5.41 Å². The summed E-state index contributed by atoms with van der Waals surface area (Å²) in [5, 5.41) is 4.66. The van der Waals surface area contributed by atoms with Gasteiger partial charge in [0.05, 0.1) is 11.1 Å². The average Bonchev–Trinajstić information content (AvgIpc) is 4.10. The van der Waals surface area contributed by atoms with Crippen molar-refractivity contribution in [1.29, 1.82) is 0 Å². The Morgan fingerprint density at radius 1 is 0.274 bits per heavy atom. The van der Waals surface area contributed by atoms with Gasteiger partial charge in [-0.05, 0) is 149 Å². The Bertz CT molecular complexity index is 4210. The molecule has 15 rings (SSSR count). The lowest BCUT2D eigenvalue weighted by Crippen LogP contribution is -2.26. The van der Waals surface area contributed by atoms with Crippen LogP contribution in [0, 0.1) is 0 Å². The number of benzene rings is 12. The van der Waals surface area contributed by atoms with Gasteiger partial charge in [0.2, 0.25) is 0 Å². The number of para-hydroxylation sites is 1. The minimum absolute atomic E-state index is 0.483. The maximum Gasteiger partial charge on any atom is 0.136 e. The predicted molar refractivity (Wildman–Crippen MR) is 304 cm³/mol. The fourth-order valence-corrected chi connectivity index (χ4v) is 12.6. The highest BCUT2D eigenvalue weighted by Crippen LogP contribution is 2.64. The number of anilines is 3. The van der Waals surface area contributed by atoms with E-state index in [1.54, 1.807) is 0 Å². The molecule has 0 saturated carbocycles. The second-order valence-electron chi connectivity index (χ2n) is 19.5. The summed E-state index contributed by atoms with van der Waals surface area (Å²) < 4.78 is 6.48. The van der Waals surface area contributed by atoms with Crippen molar-refractivity contribution >= 4 is 49.8 Å². The summed E-state index contributed by atoms with van der Waals surface area (Å²) in [5.41, 5.74) is 24.2. The number of nitrogens with zero attached hydrogens (tertiary/aromatic N) is 1. The molecule has 2 aliphatic carbocycles. The summed E-state index contributed by atoms with van der Waals surface area (Å²) in [6.45, 7) is 0. The molecule has 1 aromatic heterocycles. The molecule has 2 nitrogen and oxygen atoms in total. The van der Waals surface area contributed by atoms with Crippen molar-refractivity contribution in [3.05, 3.63) is 295 Å². The SMILES string of the molecule is c1ccc(-c2cc(-c3ccccc3)cc(N(c3ccc(-c4ccc5ccccc5c4-c4ccc5c(c4)oc4ccccc45)cc3)c3cccc4c3-c3ccccc3C43c4ccccc4-c4ccccc43)c2)cc1. The van der Waals surface area contributed by atoms with Crippen LogP contribution in [0.1, 0.15) is 22.3 Å². The van der Waals surface area contributed by atoms with Crippen LogP contribution in [0.15, 0.2) is 277 Å². The maximum atomic E-state index is 6.48. The van der Waals surface area contributed by atoms with Crippen molar-refractivity contribution in [3.8, 4) is 66.8 Å². The normalized spacial score (nSPS) is 12.8. The summed E-state index contributed by atoms with van der Waals surface area (Å²) in [4.78, 5) is 2.51. The maximum absolute atomic E-state index is 6.48. The minimum Gasteiger partial charge on any atom is -0.456 e. The van der Waals surface area contributed by atoms with Gasteiger partial charge in [-0.1, -0.05) is 218 Å². The molecule has 0 aliphatic heterocycles. The van der Waals surface area contributed by atoms with E-state index >= 15 is 0 Å². The molecule has 13 aromatic rings. The standard InChI is InChI=1S/C71H45NO/c1-3-18-46(19-4-1)51-42-52(47-20-5-2-6-21-47)44-54(43-51)72(66-32-17-31-65-70(66)61-27-11-15-30-64(61)71(65)62-28-13-9-24-57(62)58-25-10-14-29-63(58)71)53-38-34-49(35-39-53)56-40-36-48-22-7-8-23-55(48)69(56)50-37-41-60-59-26-12-16-33-67(59)73-68(60)45-50/h1-45H. The van der Waals surface area contributed by atoms with Crippen molar-refractivity contribution in [1.82, 2.24) is 0 Å². The molecule has 0 amide bonds. The Hall–Kier alpha value is -9.50. The third-order valence-corrected chi connectivity index (χ3v) is 15.7. The quantitative estimate of drug-likeness (QED) is 0.158. The van der Waals surface area contributed by atoms with Crippen LogP contribution in [0.5, 0.6) is 0 Å². The fraction of sp³-hybridized carbons (Fsp3) is 0.0141. The topological polar surface area (TPSA) is 16.4 Å². The van der Waals surface area contributed by atoms with Crippen LogP contribution in [0.3, 0.4) is 0 Å². The lowest BCUT2D eigenvalue weighted by molar-refractivity contribution is 0.669. The van der Waals surface area contributed by atoms with E-state index in [9.17, 15) is 0 Å². The van der Waals surface area contributed by atoms with Crippen LogP contribution in [0.4, 0.5) is 17.1 Å². The zero-order valence-electron chi connectivity index (χ0n) is 39.8. The first-order valence-electron chi connectivity index (χ1n) is 25.2. The molecule has 2 aliphatic rings. The first-order valence-corrected chi connectivity index (χ1v) is 25.2. The van der Waals surface area contributed by atoms with Gasteiger partial charge < -0.3 is 9.32 Å². The van der Waals surface area contributed by atoms with Gasteiger partial charge in [0.15, 0.2) is 0 Å². The lowest BCUT2D eigenvalue weighted by atomic mass is 9.70. The molecular weight excluding hydrogens is 883 g/mol. The van der Waals surface area contributed by atoms with Gasteiger partial charge in [-0.15, -0.1) is 0 Å². The van der Waals surface area contributed by atoms with Gasteiger partial charge >= 0.3 is 0 Å². The van der Waals surface area contributed by atoms with Crippen LogP contribution in [-0.2, 0) is 5.41 Å². The fourth-order valence-electron chi connectivity index (χ4n) is 12.6. The van der Waals surface area contributed by atoms with E-state index in [0.29, 0.717) is 0 Å². The van der Waals surface area contributed by atoms with Gasteiger partial charge in [-0.25, -0.2) is 0 Å². The van der Waals surface area contributed by atoms with Gasteiger partial charge in [-0.2, -0.15) is 0 Å². The molecule has 0 fully saturated rings. The highest BCUT2D eigenvalue weighted by Gasteiger charge is 2.52. The van der Waals surface area contributed by atoms with Crippen molar-refractivity contribution in [2.45, 2.75) is 5.41 Å². The molecule has 1 spiro atoms. The van der Waals surface area contributed by atoms with Gasteiger partial charge in [0, 0.05) is 27.7 Å². The molecule has 2 heteroatoms. The van der Waals surface area contributed by atoms with Crippen LogP contribution in [-0.4, -0.2) is 0 Å². The number of rotatable bonds is 7. The second kappa shape index (κ2) is 16.3. The van der Waals surface area contributed by atoms with E-state index in [1.807, 2.05) is 6.07 Å². The highest BCUT2D eigenvalue weighted by molar-refractivity contribution is 6.10. The van der Waals surface area contributed by atoms with E-state index in [-0.39, 0.29) is 0 Å². The van der Waals surface area contributed by atoms with Crippen LogP contribution in [0.25, 0.3) is 99.5 Å². The van der Waals surface area contributed by atoms with Crippen molar-refractivity contribution in [2.75, 3.05) is 4.90 Å². The smallest absolute Gasteiger partial charge is 0.136 e. The van der Waals surface area contributed by atoms with E-state index in [2.05, 4.69) is 272 Å². The summed E-state index contributed by atoms with van der Waals surface area (Å²) in [7, 11) is 0. The van der Waals surface area contributed by atoms with Crippen LogP contribution < -0.4 is 4.90 Å². The van der Waals surface area contributed by atoms with Crippen LogP contribution in [0.2, 0.25) is 0 Å². The molecule has 0 atom stereocenters. The molecule has 0 bridgehead atoms. The third-order valence-electron chi connectivity index (χ3n) is 15.7. The largest absolute Gasteiger partial charge is 0.456 e. The van der Waals surface area contributed by atoms with Crippen molar-refractivity contribution in [2.24, 2.45) is 0 Å². The summed E-state index contributed by atoms with van der Waals surface area (Å²) in [5.74, 6) is 0. The molecule has 12 aromatic carbocycles. The second-order valence-corrected chi connectivity index (χ2v) is 19.5. The Kier molecular flexibility index (Phi) is 9.21. The Labute approximate surface area is 424 Å². The van der Waals surface area contributed by atoms with E-state index in [4.69, 9.17) is 4.42 Å². The van der Waals surface area contributed by atoms with E-state index in [1.165, 1.54) is 77.5 Å². The molecular formula is C71H45NO. The molecule has 73 heavy (non-hydrogen) atoms. The lowest BCUT2D eigenvalue weighted by Gasteiger charge is -2.32. The number of hydrogen-bond acceptors (Lipinski definition) is 2. The minimum atomic E-state index is -0.483. The van der Waals surface area contributed by atoms with Crippen molar-refractivity contribution in [3.63, 3.8) is 0 Å². The Morgan fingerprint density at radius 3 is 1.52 bits per heavy atom. The van der Waals surface area contributed by atoms with Gasteiger partial charge in [0.1, 0.15) is 11.2 Å². The zero-order valence-corrected chi connectivity index (χ0v) is 39.8. The zero-order chi connectivity index (χ0) is 48.0. The average molecular weight is 928 g/mol. The molecule has 340 valence electrons. The van der Waals surface area contributed by atoms with E-state index in [0.717, 1.165) is 61.3 Å². The van der Waals surface area contributed by atoms with Crippen molar-refractivity contribution < 1.29 is 4.42 Å². The van der Waals surface area contributed by atoms with Crippen LogP contribution >= 0.6 is 0 Å². The van der Waals surface area contributed by atoms with Gasteiger partial charge in [-0.3, -0.25) is 0 Å². The first kappa shape index (κ1) is 41.3. The predicted octanol–water partition coefficient (Wildman–Crippen LogP) is 19.2. The molecule has 1 heterocycles. The molecule has 0 N–H and O–H groups in total. The number of furan rings is 1. The first-order chi connectivity index (χ1) is 36.2. The highest BCUT2D eigenvalue weighted by atomic mass is 16.3. The van der Waals surface area contributed by atoms with Gasteiger partial charge in [0.25, 0.3) is 0 Å². The molecule has 0 radical (unpaired) electrons. The Balaban J connectivity index is 0.967. The third kappa shape index (κ3) is 6.24. The number of hydrogen-bond donors (Lipinski definition) is 0. The summed E-state index contributed by atoms with van der Waals surface area (Å²) in [6.07, 6.45) is 0. The molecule has 0 unspecified atom stereocenters. The Morgan fingerprint density at radius 2 is 0.822 bits per heavy atom. The monoisotopic (exact) mass is 927 g/mol. The summed E-state index contributed by atoms with van der Waals surface area (Å²) >= 11 is 0.